The van der Waals surface area contributed by atoms with E-state index < -0.39 is 31.4 Å². The molecule has 0 bridgehead atoms. The van der Waals surface area contributed by atoms with Gasteiger partial charge in [0.1, 0.15) is 22.8 Å². The number of pyridine rings is 1. The smallest absolute Gasteiger partial charge is 0.293 e. The Morgan fingerprint density at radius 2 is 1.73 bits per heavy atom. The van der Waals surface area contributed by atoms with Crippen molar-refractivity contribution in [2.45, 2.75) is 62.3 Å². The second-order valence-electron chi connectivity index (χ2n) is 16.9. The zero-order valence-corrected chi connectivity index (χ0v) is 34.9. The molecule has 0 unspecified atom stereocenters. The monoisotopic (exact) mass is 864 g/mol. The SMILES string of the molecule is O=C(NS(=O)(=O)c1ccc(NCC2CCC3(CC2)COC3)c([N+](=O)[O-])c1)c1ccc(N2CCN([C@@H]3CCCCc4c3cccc4[N+](=O)[O-])CC2)cc1Oc1cnc2[nH]ccc2c1. The topological polar surface area (TPSA) is 215 Å². The predicted molar refractivity (Wildman–Crippen MR) is 231 cm³/mol. The van der Waals surface area contributed by atoms with E-state index in [9.17, 15) is 33.4 Å². The average molecular weight is 865 g/mol. The van der Waals surface area contributed by atoms with Crippen LogP contribution < -0.4 is 19.7 Å². The molecule has 2 aromatic heterocycles. The summed E-state index contributed by atoms with van der Waals surface area (Å²) in [4.78, 5) is 48.6. The minimum atomic E-state index is -4.58. The maximum absolute atomic E-state index is 13.9. The van der Waals surface area contributed by atoms with Crippen molar-refractivity contribution in [3.8, 4) is 11.5 Å². The van der Waals surface area contributed by atoms with E-state index in [-0.39, 0.29) is 39.1 Å². The van der Waals surface area contributed by atoms with Gasteiger partial charge in [-0.15, -0.1) is 0 Å². The van der Waals surface area contributed by atoms with Crippen LogP contribution in [0.3, 0.4) is 0 Å². The quantitative estimate of drug-likeness (QED) is 0.0630. The van der Waals surface area contributed by atoms with E-state index >= 15 is 0 Å². The Balaban J connectivity index is 0.926. The molecule has 18 heteroatoms. The molecular formula is C44H48N8O9S. The fourth-order valence-corrected chi connectivity index (χ4v) is 10.5. The summed E-state index contributed by atoms with van der Waals surface area (Å²) in [5, 5.41) is 28.0. The first-order valence-electron chi connectivity index (χ1n) is 21.1. The Bertz CT molecular complexity index is 2630. The molecule has 9 rings (SSSR count). The number of sulfonamides is 1. The summed E-state index contributed by atoms with van der Waals surface area (Å²) in [5.41, 5.74) is 3.41. The third kappa shape index (κ3) is 8.41. The Labute approximate surface area is 358 Å². The number of aromatic nitrogens is 2. The molecule has 2 aliphatic carbocycles. The van der Waals surface area contributed by atoms with Crippen molar-refractivity contribution in [1.29, 1.82) is 0 Å². The number of carbonyl (C=O) groups excluding carboxylic acids is 1. The van der Waals surface area contributed by atoms with Gasteiger partial charge in [0.15, 0.2) is 0 Å². The van der Waals surface area contributed by atoms with Gasteiger partial charge in [-0.2, -0.15) is 0 Å². The summed E-state index contributed by atoms with van der Waals surface area (Å²) in [7, 11) is -4.58. The number of carbonyl (C=O) groups is 1. The molecule has 2 aliphatic heterocycles. The number of fused-ring (bicyclic) bond motifs is 2. The highest BCUT2D eigenvalue weighted by atomic mass is 32.2. The minimum Gasteiger partial charge on any atom is -0.455 e. The average Bonchev–Trinajstić information content (AvgIpc) is 3.62. The summed E-state index contributed by atoms with van der Waals surface area (Å²) >= 11 is 0. The van der Waals surface area contributed by atoms with Crippen LogP contribution in [0, 0.1) is 31.6 Å². The lowest BCUT2D eigenvalue weighted by Gasteiger charge is -2.46. The van der Waals surface area contributed by atoms with E-state index in [4.69, 9.17) is 9.47 Å². The zero-order chi connectivity index (χ0) is 43.0. The Hall–Kier alpha value is -6.11. The number of benzene rings is 3. The second kappa shape index (κ2) is 17.0. The van der Waals surface area contributed by atoms with Crippen molar-refractivity contribution in [1.82, 2.24) is 19.6 Å². The molecule has 3 fully saturated rings. The Morgan fingerprint density at radius 3 is 2.47 bits per heavy atom. The van der Waals surface area contributed by atoms with Gasteiger partial charge in [-0.3, -0.25) is 29.9 Å². The first-order chi connectivity index (χ1) is 29.9. The Morgan fingerprint density at radius 1 is 0.935 bits per heavy atom. The number of aromatic amines is 1. The zero-order valence-electron chi connectivity index (χ0n) is 34.1. The van der Waals surface area contributed by atoms with Gasteiger partial charge in [-0.05, 0) is 92.8 Å². The number of nitro benzene ring substituents is 2. The number of nitrogens with one attached hydrogen (secondary N) is 3. The van der Waals surface area contributed by atoms with Crippen LogP contribution >= 0.6 is 0 Å². The summed E-state index contributed by atoms with van der Waals surface area (Å²) in [6.45, 7) is 4.73. The number of nitrogens with zero attached hydrogens (tertiary/aromatic N) is 5. The highest BCUT2D eigenvalue weighted by molar-refractivity contribution is 7.90. The first-order valence-corrected chi connectivity index (χ1v) is 22.6. The molecule has 3 aromatic carbocycles. The lowest BCUT2D eigenvalue weighted by atomic mass is 9.69. The third-order valence-electron chi connectivity index (χ3n) is 13.1. The maximum atomic E-state index is 13.9. The lowest BCUT2D eigenvalue weighted by molar-refractivity contribution is -0.385. The number of anilines is 2. The third-order valence-corrected chi connectivity index (χ3v) is 14.4. The summed E-state index contributed by atoms with van der Waals surface area (Å²) in [6.07, 6.45) is 10.8. The molecule has 5 aromatic rings. The van der Waals surface area contributed by atoms with Gasteiger partial charge in [0, 0.05) is 85.2 Å². The number of rotatable bonds is 12. The van der Waals surface area contributed by atoms with Crippen LogP contribution in [-0.2, 0) is 21.2 Å². The van der Waals surface area contributed by atoms with E-state index in [2.05, 4.69) is 29.8 Å². The van der Waals surface area contributed by atoms with Crippen LogP contribution in [0.2, 0.25) is 0 Å². The van der Waals surface area contributed by atoms with Crippen molar-refractivity contribution in [2.24, 2.45) is 11.3 Å². The van der Waals surface area contributed by atoms with Gasteiger partial charge in [-0.1, -0.05) is 18.6 Å². The molecule has 4 heterocycles. The van der Waals surface area contributed by atoms with Crippen LogP contribution in [-0.4, -0.2) is 85.0 Å². The molecule has 17 nitrogen and oxygen atoms in total. The number of H-pyrrole nitrogens is 1. The largest absolute Gasteiger partial charge is 0.455 e. The normalized spacial score (nSPS) is 19.3. The number of ether oxygens (including phenoxy) is 2. The molecular weight excluding hydrogens is 817 g/mol. The molecule has 4 aliphatic rings. The summed E-state index contributed by atoms with van der Waals surface area (Å²) < 4.78 is 41.3. The molecule has 1 atom stereocenters. The van der Waals surface area contributed by atoms with Crippen molar-refractivity contribution < 1.29 is 32.5 Å². The summed E-state index contributed by atoms with van der Waals surface area (Å²) in [5.74, 6) is -0.247. The van der Waals surface area contributed by atoms with Gasteiger partial charge in [-0.25, -0.2) is 18.1 Å². The first kappa shape index (κ1) is 41.3. The predicted octanol–water partition coefficient (Wildman–Crippen LogP) is 7.50. The highest BCUT2D eigenvalue weighted by Gasteiger charge is 2.41. The van der Waals surface area contributed by atoms with Crippen LogP contribution in [0.4, 0.5) is 22.7 Å². The molecule has 1 spiro atoms. The molecule has 2 saturated heterocycles. The van der Waals surface area contributed by atoms with E-state index in [0.717, 1.165) is 86.4 Å². The number of hydrogen-bond acceptors (Lipinski definition) is 13. The van der Waals surface area contributed by atoms with Crippen LogP contribution in [0.1, 0.15) is 72.5 Å². The van der Waals surface area contributed by atoms with Gasteiger partial charge < -0.3 is 24.7 Å². The van der Waals surface area contributed by atoms with Crippen molar-refractivity contribution in [3.63, 3.8) is 0 Å². The lowest BCUT2D eigenvalue weighted by Crippen LogP contribution is -2.47. The fourth-order valence-electron chi connectivity index (χ4n) is 9.54. The second-order valence-corrected chi connectivity index (χ2v) is 18.6. The van der Waals surface area contributed by atoms with Crippen LogP contribution in [0.5, 0.6) is 11.5 Å². The molecule has 324 valence electrons. The van der Waals surface area contributed by atoms with Gasteiger partial charge in [0.25, 0.3) is 27.3 Å². The highest BCUT2D eigenvalue weighted by Crippen LogP contribution is 2.44. The van der Waals surface area contributed by atoms with Gasteiger partial charge in [0.2, 0.25) is 0 Å². The number of hydrogen-bond donors (Lipinski definition) is 3. The van der Waals surface area contributed by atoms with Crippen molar-refractivity contribution in [2.75, 3.05) is 56.2 Å². The van der Waals surface area contributed by atoms with Crippen LogP contribution in [0.15, 0.2) is 84.0 Å². The van der Waals surface area contributed by atoms with Gasteiger partial charge >= 0.3 is 0 Å². The summed E-state index contributed by atoms with van der Waals surface area (Å²) in [6, 6.07) is 17.5. The number of amides is 1. The van der Waals surface area contributed by atoms with Crippen LogP contribution in [0.25, 0.3) is 11.0 Å². The Kier molecular flexibility index (Phi) is 11.3. The molecule has 1 amide bonds. The van der Waals surface area contributed by atoms with Crippen molar-refractivity contribution >= 4 is 49.7 Å². The molecule has 1 saturated carbocycles. The van der Waals surface area contributed by atoms with E-state index in [1.165, 1.54) is 24.4 Å². The van der Waals surface area contributed by atoms with E-state index in [1.807, 2.05) is 12.1 Å². The number of piperazine rings is 1. The fraction of sp³-hybridized carbons (Fsp3) is 0.409. The minimum absolute atomic E-state index is 0.0589. The molecule has 3 N–H and O–H groups in total. The molecule has 0 radical (unpaired) electrons. The molecule has 62 heavy (non-hydrogen) atoms. The maximum Gasteiger partial charge on any atom is 0.293 e. The van der Waals surface area contributed by atoms with Gasteiger partial charge in [0.05, 0.1) is 39.7 Å². The standard InChI is InChI=1S/C44H48N8O9S/c53-43(48-62(58,59)33-9-11-37(40(24-33)52(56)57)46-25-29-12-15-44(16-13-29)27-60-28-44)36-10-8-31(23-41(36)61-32-22-30-14-17-45-42(30)47-26-32)49-18-20-50(21-19-49)38-6-2-1-4-35-34(38)5-3-7-39(35)51(54)55/h3,5,7-11,14,17,22-24,26,29,38,46H,1-2,4,6,12-13,15-16,18-21,25,27-28H2,(H,45,47)(H,48,53)/t38-/m1/s1. The van der Waals surface area contributed by atoms with E-state index in [0.29, 0.717) is 56.5 Å². The van der Waals surface area contributed by atoms with E-state index in [1.54, 1.807) is 36.5 Å². The van der Waals surface area contributed by atoms with Crippen molar-refractivity contribution in [3.05, 3.63) is 116 Å². The number of nitro groups is 2.